The van der Waals surface area contributed by atoms with E-state index in [9.17, 15) is 5.26 Å². The molecular weight excluding hydrogens is 260 g/mol. The zero-order chi connectivity index (χ0) is 14.8. The van der Waals surface area contributed by atoms with E-state index in [4.69, 9.17) is 4.42 Å². The van der Waals surface area contributed by atoms with Crippen LogP contribution < -0.4 is 0 Å². The number of nitrogens with zero attached hydrogens (tertiary/aromatic N) is 2. The number of nitriles is 1. The maximum absolute atomic E-state index is 9.20. The van der Waals surface area contributed by atoms with Crippen LogP contribution in [-0.4, -0.2) is 6.21 Å². The van der Waals surface area contributed by atoms with Crippen molar-refractivity contribution in [3.05, 3.63) is 64.9 Å². The van der Waals surface area contributed by atoms with E-state index >= 15 is 0 Å². The first kappa shape index (κ1) is 13.1. The summed E-state index contributed by atoms with van der Waals surface area (Å²) in [4.78, 5) is 4.36. The molecule has 102 valence electrons. The van der Waals surface area contributed by atoms with Gasteiger partial charge >= 0.3 is 0 Å². The number of aliphatic imine (C=N–C) groups is 1. The standard InChI is InChI=1S/C18H14N2O/c1-12-13(2)21-18(17(12)10-19)20-11-15-8-5-7-14-6-3-4-9-16(14)15/h3-9,11H,1-2H3. The minimum atomic E-state index is 0.375. The lowest BCUT2D eigenvalue weighted by Gasteiger charge is -2.00. The molecule has 3 aromatic rings. The number of hydrogen-bond acceptors (Lipinski definition) is 3. The van der Waals surface area contributed by atoms with Gasteiger partial charge in [0.25, 0.3) is 0 Å². The Labute approximate surface area is 123 Å². The van der Waals surface area contributed by atoms with Gasteiger partial charge in [-0.2, -0.15) is 5.26 Å². The summed E-state index contributed by atoms with van der Waals surface area (Å²) in [5.74, 6) is 1.11. The normalized spacial score (nSPS) is 11.1. The topological polar surface area (TPSA) is 49.3 Å². The van der Waals surface area contributed by atoms with E-state index in [1.807, 2.05) is 38.1 Å². The second-order valence-corrected chi connectivity index (χ2v) is 4.90. The van der Waals surface area contributed by atoms with Gasteiger partial charge in [0.1, 0.15) is 17.4 Å². The molecule has 0 saturated carbocycles. The van der Waals surface area contributed by atoms with Crippen molar-refractivity contribution in [2.75, 3.05) is 0 Å². The Hall–Kier alpha value is -2.86. The molecule has 0 unspecified atom stereocenters. The lowest BCUT2D eigenvalue weighted by molar-refractivity contribution is 0.542. The van der Waals surface area contributed by atoms with Gasteiger partial charge in [0, 0.05) is 17.3 Å². The third-order valence-corrected chi connectivity index (χ3v) is 3.62. The average molecular weight is 274 g/mol. The van der Waals surface area contributed by atoms with Gasteiger partial charge in [-0.3, -0.25) is 0 Å². The Morgan fingerprint density at radius 3 is 2.67 bits per heavy atom. The van der Waals surface area contributed by atoms with Gasteiger partial charge in [0.2, 0.25) is 5.88 Å². The smallest absolute Gasteiger partial charge is 0.237 e. The summed E-state index contributed by atoms with van der Waals surface area (Å²) in [6, 6.07) is 16.3. The lowest BCUT2D eigenvalue weighted by Crippen LogP contribution is -1.83. The van der Waals surface area contributed by atoms with Crippen molar-refractivity contribution in [1.29, 1.82) is 5.26 Å². The molecule has 1 heterocycles. The number of hydrogen-bond donors (Lipinski definition) is 0. The first-order valence-corrected chi connectivity index (χ1v) is 6.72. The average Bonchev–Trinajstić information content (AvgIpc) is 2.79. The van der Waals surface area contributed by atoms with E-state index in [2.05, 4.69) is 29.3 Å². The van der Waals surface area contributed by atoms with Gasteiger partial charge in [-0.1, -0.05) is 42.5 Å². The van der Waals surface area contributed by atoms with Crippen LogP contribution in [0.3, 0.4) is 0 Å². The molecule has 3 nitrogen and oxygen atoms in total. The van der Waals surface area contributed by atoms with Gasteiger partial charge < -0.3 is 4.42 Å². The molecule has 0 aliphatic rings. The highest BCUT2D eigenvalue weighted by Crippen LogP contribution is 2.28. The summed E-state index contributed by atoms with van der Waals surface area (Å²) in [6.07, 6.45) is 1.75. The summed E-state index contributed by atoms with van der Waals surface area (Å²) in [5.41, 5.74) is 2.36. The molecule has 0 radical (unpaired) electrons. The largest absolute Gasteiger partial charge is 0.442 e. The van der Waals surface area contributed by atoms with Crippen molar-refractivity contribution >= 4 is 22.9 Å². The Balaban J connectivity index is 2.07. The molecule has 0 N–H and O–H groups in total. The number of furan rings is 1. The Kier molecular flexibility index (Phi) is 3.29. The van der Waals surface area contributed by atoms with E-state index in [0.29, 0.717) is 11.4 Å². The van der Waals surface area contributed by atoms with Crippen LogP contribution in [0.1, 0.15) is 22.5 Å². The van der Waals surface area contributed by atoms with Gasteiger partial charge in [0.05, 0.1) is 0 Å². The molecule has 0 amide bonds. The fraction of sp³-hybridized carbons (Fsp3) is 0.111. The molecule has 0 spiro atoms. The van der Waals surface area contributed by atoms with Crippen molar-refractivity contribution in [3.63, 3.8) is 0 Å². The van der Waals surface area contributed by atoms with Crippen LogP contribution in [-0.2, 0) is 0 Å². The summed E-state index contributed by atoms with van der Waals surface area (Å²) in [5, 5.41) is 11.5. The van der Waals surface area contributed by atoms with Gasteiger partial charge in [-0.05, 0) is 24.6 Å². The van der Waals surface area contributed by atoms with Crippen molar-refractivity contribution < 1.29 is 4.42 Å². The molecule has 0 aliphatic carbocycles. The fourth-order valence-corrected chi connectivity index (χ4v) is 2.32. The van der Waals surface area contributed by atoms with E-state index in [1.54, 1.807) is 6.21 Å². The van der Waals surface area contributed by atoms with Crippen LogP contribution in [0.15, 0.2) is 51.9 Å². The Morgan fingerprint density at radius 1 is 1.10 bits per heavy atom. The highest BCUT2D eigenvalue weighted by atomic mass is 16.4. The van der Waals surface area contributed by atoms with Crippen LogP contribution >= 0.6 is 0 Å². The number of fused-ring (bicyclic) bond motifs is 1. The quantitative estimate of drug-likeness (QED) is 0.637. The van der Waals surface area contributed by atoms with Crippen LogP contribution in [0.4, 0.5) is 5.88 Å². The molecule has 3 heteroatoms. The molecule has 21 heavy (non-hydrogen) atoms. The highest BCUT2D eigenvalue weighted by molar-refractivity contribution is 6.00. The molecule has 2 aromatic carbocycles. The number of rotatable bonds is 2. The molecule has 0 aliphatic heterocycles. The van der Waals surface area contributed by atoms with Crippen molar-refractivity contribution in [1.82, 2.24) is 0 Å². The van der Waals surface area contributed by atoms with Gasteiger partial charge in [0.15, 0.2) is 0 Å². The minimum absolute atomic E-state index is 0.375. The predicted octanol–water partition coefficient (Wildman–Crippen LogP) is 4.67. The summed E-state index contributed by atoms with van der Waals surface area (Å²) in [7, 11) is 0. The van der Waals surface area contributed by atoms with Crippen LogP contribution in [0.25, 0.3) is 10.8 Å². The third kappa shape index (κ3) is 2.32. The van der Waals surface area contributed by atoms with Gasteiger partial charge in [-0.25, -0.2) is 4.99 Å². The van der Waals surface area contributed by atoms with E-state index in [-0.39, 0.29) is 0 Å². The first-order chi connectivity index (χ1) is 10.2. The molecule has 3 rings (SSSR count). The zero-order valence-electron chi connectivity index (χ0n) is 11.9. The van der Waals surface area contributed by atoms with Crippen LogP contribution in [0.5, 0.6) is 0 Å². The monoisotopic (exact) mass is 274 g/mol. The Bertz CT molecular complexity index is 877. The zero-order valence-corrected chi connectivity index (χ0v) is 11.9. The highest BCUT2D eigenvalue weighted by Gasteiger charge is 2.12. The van der Waals surface area contributed by atoms with E-state index in [0.717, 1.165) is 27.7 Å². The third-order valence-electron chi connectivity index (χ3n) is 3.62. The number of aryl methyl sites for hydroxylation is 1. The van der Waals surface area contributed by atoms with Crippen molar-refractivity contribution in [3.8, 4) is 6.07 Å². The fourth-order valence-electron chi connectivity index (χ4n) is 2.32. The SMILES string of the molecule is Cc1oc(N=Cc2cccc3ccccc23)c(C#N)c1C. The Morgan fingerprint density at radius 2 is 1.86 bits per heavy atom. The molecule has 1 aromatic heterocycles. The maximum Gasteiger partial charge on any atom is 0.237 e. The second kappa shape index (κ2) is 5.26. The summed E-state index contributed by atoms with van der Waals surface area (Å²) < 4.78 is 5.55. The summed E-state index contributed by atoms with van der Waals surface area (Å²) in [6.45, 7) is 3.71. The summed E-state index contributed by atoms with van der Waals surface area (Å²) >= 11 is 0. The van der Waals surface area contributed by atoms with Crippen LogP contribution in [0, 0.1) is 25.2 Å². The predicted molar refractivity (Wildman–Crippen MR) is 84.1 cm³/mol. The second-order valence-electron chi connectivity index (χ2n) is 4.90. The van der Waals surface area contributed by atoms with Crippen LogP contribution in [0.2, 0.25) is 0 Å². The molecule has 0 bridgehead atoms. The lowest BCUT2D eigenvalue weighted by atomic mass is 10.1. The van der Waals surface area contributed by atoms with Gasteiger partial charge in [-0.15, -0.1) is 0 Å². The van der Waals surface area contributed by atoms with E-state index in [1.165, 1.54) is 0 Å². The van der Waals surface area contributed by atoms with Crippen molar-refractivity contribution in [2.45, 2.75) is 13.8 Å². The molecule has 0 saturated heterocycles. The first-order valence-electron chi connectivity index (χ1n) is 6.72. The molecule has 0 atom stereocenters. The molecule has 0 fully saturated rings. The minimum Gasteiger partial charge on any atom is -0.442 e. The number of benzene rings is 2. The maximum atomic E-state index is 9.20. The van der Waals surface area contributed by atoms with Crippen molar-refractivity contribution in [2.24, 2.45) is 4.99 Å². The van der Waals surface area contributed by atoms with E-state index < -0.39 is 0 Å². The molecular formula is C18H14N2O.